The Kier molecular flexibility index (Phi) is 9.29. The molecule has 3 rings (SSSR count). The minimum absolute atomic E-state index is 0.429. The maximum Gasteiger partial charge on any atom is 0.191 e. The number of piperidine rings is 1. The molecule has 0 radical (unpaired) electrons. The van der Waals surface area contributed by atoms with Crippen LogP contribution in [0.15, 0.2) is 23.2 Å². The zero-order valence-electron chi connectivity index (χ0n) is 20.6. The van der Waals surface area contributed by atoms with E-state index in [1.54, 1.807) is 14.2 Å². The molecule has 32 heavy (non-hydrogen) atoms. The Bertz CT molecular complexity index is 705. The van der Waals surface area contributed by atoms with Crippen molar-refractivity contribution in [2.45, 2.75) is 25.8 Å². The number of hydrogen-bond acceptors (Lipinski definition) is 6. The molecule has 0 aromatic heterocycles. The van der Waals surface area contributed by atoms with Gasteiger partial charge in [-0.1, -0.05) is 6.92 Å². The number of anilines is 1. The van der Waals surface area contributed by atoms with Gasteiger partial charge in [0.25, 0.3) is 0 Å². The number of methoxy groups -OCH3 is 2. The highest BCUT2D eigenvalue weighted by Gasteiger charge is 2.22. The van der Waals surface area contributed by atoms with Crippen molar-refractivity contribution >= 4 is 11.6 Å². The topological polar surface area (TPSA) is 64.6 Å². The van der Waals surface area contributed by atoms with Gasteiger partial charge in [0, 0.05) is 89.3 Å². The van der Waals surface area contributed by atoms with Gasteiger partial charge in [-0.2, -0.15) is 0 Å². The summed E-state index contributed by atoms with van der Waals surface area (Å²) in [6.45, 7) is 11.1. The van der Waals surface area contributed by atoms with Crippen LogP contribution in [-0.2, 0) is 0 Å². The fourth-order valence-corrected chi connectivity index (χ4v) is 4.45. The summed E-state index contributed by atoms with van der Waals surface area (Å²) < 4.78 is 10.9. The van der Waals surface area contributed by atoms with Crippen molar-refractivity contribution in [1.82, 2.24) is 20.4 Å². The Balaban J connectivity index is 1.41. The Morgan fingerprint density at radius 3 is 2.22 bits per heavy atom. The molecule has 1 atom stereocenters. The van der Waals surface area contributed by atoms with Crippen LogP contribution in [0.5, 0.6) is 11.5 Å². The summed E-state index contributed by atoms with van der Waals surface area (Å²) in [6.07, 6.45) is 2.13. The second kappa shape index (κ2) is 12.2. The summed E-state index contributed by atoms with van der Waals surface area (Å²) in [5.74, 6) is 3.16. The summed E-state index contributed by atoms with van der Waals surface area (Å²) in [5.41, 5.74) is 1.15. The van der Waals surface area contributed by atoms with E-state index in [1.165, 1.54) is 26.2 Å². The second-order valence-electron chi connectivity index (χ2n) is 9.14. The first-order valence-corrected chi connectivity index (χ1v) is 11.9. The van der Waals surface area contributed by atoms with Gasteiger partial charge >= 0.3 is 0 Å². The quantitative estimate of drug-likeness (QED) is 0.466. The molecular weight excluding hydrogens is 404 g/mol. The highest BCUT2D eigenvalue weighted by atomic mass is 16.5. The lowest BCUT2D eigenvalue weighted by atomic mass is 10.0. The number of likely N-dealkylation sites (N-methyl/N-ethyl adjacent to an activating group) is 1. The van der Waals surface area contributed by atoms with Crippen LogP contribution in [0.1, 0.15) is 19.8 Å². The molecule has 2 aliphatic heterocycles. The second-order valence-corrected chi connectivity index (χ2v) is 9.14. The lowest BCUT2D eigenvalue weighted by Gasteiger charge is -2.35. The van der Waals surface area contributed by atoms with E-state index < -0.39 is 0 Å². The van der Waals surface area contributed by atoms with Crippen molar-refractivity contribution in [3.63, 3.8) is 0 Å². The average molecular weight is 447 g/mol. The zero-order valence-corrected chi connectivity index (χ0v) is 20.6. The van der Waals surface area contributed by atoms with Gasteiger partial charge in [0.1, 0.15) is 11.5 Å². The highest BCUT2D eigenvalue weighted by molar-refractivity contribution is 5.80. The monoisotopic (exact) mass is 446 g/mol. The molecule has 2 fully saturated rings. The van der Waals surface area contributed by atoms with E-state index in [0.29, 0.717) is 12.0 Å². The number of nitrogens with zero attached hydrogens (tertiary/aromatic N) is 4. The van der Waals surface area contributed by atoms with Crippen molar-refractivity contribution in [3.05, 3.63) is 18.2 Å². The first kappa shape index (κ1) is 24.5. The molecule has 0 bridgehead atoms. The van der Waals surface area contributed by atoms with Crippen LogP contribution in [0.3, 0.4) is 0 Å². The van der Waals surface area contributed by atoms with Gasteiger partial charge < -0.3 is 34.8 Å². The van der Waals surface area contributed by atoms with Gasteiger partial charge in [-0.15, -0.1) is 0 Å². The summed E-state index contributed by atoms with van der Waals surface area (Å²) >= 11 is 0. The minimum atomic E-state index is 0.429. The number of guanidine groups is 1. The van der Waals surface area contributed by atoms with E-state index in [0.717, 1.165) is 62.2 Å². The number of aliphatic imine (C=N–C) groups is 1. The molecular formula is C24H42N6O2. The predicted octanol–water partition coefficient (Wildman–Crippen LogP) is 1.72. The lowest BCUT2D eigenvalue weighted by Crippen LogP contribution is -2.50. The molecule has 0 aliphatic carbocycles. The van der Waals surface area contributed by atoms with E-state index >= 15 is 0 Å². The van der Waals surface area contributed by atoms with Crippen molar-refractivity contribution in [2.24, 2.45) is 10.9 Å². The third-order valence-electron chi connectivity index (χ3n) is 6.54. The molecule has 1 unspecified atom stereocenters. The van der Waals surface area contributed by atoms with E-state index in [4.69, 9.17) is 9.47 Å². The van der Waals surface area contributed by atoms with Crippen LogP contribution in [0.4, 0.5) is 5.69 Å². The van der Waals surface area contributed by atoms with Gasteiger partial charge in [0.2, 0.25) is 0 Å². The molecule has 8 nitrogen and oxygen atoms in total. The van der Waals surface area contributed by atoms with Crippen molar-refractivity contribution in [1.29, 1.82) is 0 Å². The number of ether oxygens (including phenoxy) is 2. The number of nitrogens with one attached hydrogen (secondary N) is 2. The normalized spacial score (nSPS) is 20.2. The maximum absolute atomic E-state index is 5.43. The Labute approximate surface area is 193 Å². The fourth-order valence-electron chi connectivity index (χ4n) is 4.45. The van der Waals surface area contributed by atoms with E-state index in [2.05, 4.69) is 56.4 Å². The van der Waals surface area contributed by atoms with Crippen LogP contribution in [-0.4, -0.2) is 102 Å². The molecule has 2 aliphatic rings. The molecule has 0 amide bonds. The fraction of sp³-hybridized carbons (Fsp3) is 0.708. The summed E-state index contributed by atoms with van der Waals surface area (Å²) in [4.78, 5) is 11.8. The van der Waals surface area contributed by atoms with Crippen LogP contribution in [0.2, 0.25) is 0 Å². The lowest BCUT2D eigenvalue weighted by molar-refractivity contribution is 0.139. The molecule has 0 spiro atoms. The Morgan fingerprint density at radius 2 is 1.66 bits per heavy atom. The molecule has 1 aromatic rings. The summed E-state index contributed by atoms with van der Waals surface area (Å²) in [7, 11) is 7.45. The van der Waals surface area contributed by atoms with Gasteiger partial charge in [0.15, 0.2) is 5.96 Å². The molecule has 2 heterocycles. The molecule has 2 N–H and O–H groups in total. The van der Waals surface area contributed by atoms with Crippen LogP contribution in [0.25, 0.3) is 0 Å². The SMILES string of the molecule is CN=C(NCC(C)CN1CCN(C)CC1)NC1CCN(c2cc(OC)cc(OC)c2)CC1. The van der Waals surface area contributed by atoms with E-state index in [-0.39, 0.29) is 0 Å². The van der Waals surface area contributed by atoms with Crippen LogP contribution >= 0.6 is 0 Å². The van der Waals surface area contributed by atoms with Crippen molar-refractivity contribution in [2.75, 3.05) is 85.6 Å². The van der Waals surface area contributed by atoms with Gasteiger partial charge in [-0.05, 0) is 25.8 Å². The average Bonchev–Trinajstić information content (AvgIpc) is 2.83. The molecule has 2 saturated heterocycles. The van der Waals surface area contributed by atoms with Crippen molar-refractivity contribution < 1.29 is 9.47 Å². The van der Waals surface area contributed by atoms with Gasteiger partial charge in [0.05, 0.1) is 14.2 Å². The van der Waals surface area contributed by atoms with Gasteiger partial charge in [-0.25, -0.2) is 0 Å². The largest absolute Gasteiger partial charge is 0.497 e. The number of benzene rings is 1. The number of hydrogen-bond donors (Lipinski definition) is 2. The predicted molar refractivity (Wildman–Crippen MR) is 132 cm³/mol. The first-order valence-electron chi connectivity index (χ1n) is 11.9. The van der Waals surface area contributed by atoms with Crippen molar-refractivity contribution in [3.8, 4) is 11.5 Å². The van der Waals surface area contributed by atoms with E-state index in [9.17, 15) is 0 Å². The summed E-state index contributed by atoms with van der Waals surface area (Å²) in [5, 5.41) is 7.17. The zero-order chi connectivity index (χ0) is 22.9. The minimum Gasteiger partial charge on any atom is -0.497 e. The van der Waals surface area contributed by atoms with Gasteiger partial charge in [-0.3, -0.25) is 4.99 Å². The first-order chi connectivity index (χ1) is 15.5. The summed E-state index contributed by atoms with van der Waals surface area (Å²) in [6, 6.07) is 6.51. The van der Waals surface area contributed by atoms with E-state index in [1.807, 2.05) is 13.1 Å². The molecule has 8 heteroatoms. The molecule has 0 saturated carbocycles. The number of piperazine rings is 1. The molecule has 180 valence electrons. The third kappa shape index (κ3) is 7.17. The highest BCUT2D eigenvalue weighted by Crippen LogP contribution is 2.30. The van der Waals surface area contributed by atoms with Crippen LogP contribution in [0, 0.1) is 5.92 Å². The standard InChI is InChI=1S/C24H42N6O2/c1-19(18-29-12-10-28(3)11-13-29)17-26-24(25-2)27-20-6-8-30(9-7-20)21-14-22(31-4)16-23(15-21)32-5/h14-16,19-20H,6-13,17-18H2,1-5H3,(H2,25,26,27). The maximum atomic E-state index is 5.43. The number of rotatable bonds is 8. The molecule has 1 aromatic carbocycles. The smallest absolute Gasteiger partial charge is 0.191 e. The Morgan fingerprint density at radius 1 is 1.03 bits per heavy atom. The Hall–Kier alpha value is -2.19. The van der Waals surface area contributed by atoms with Crippen LogP contribution < -0.4 is 25.0 Å². The third-order valence-corrected chi connectivity index (χ3v) is 6.54.